The number of anilines is 1. The van der Waals surface area contributed by atoms with Crippen LogP contribution in [0, 0.1) is 11.8 Å². The molecule has 3 aliphatic heterocycles. The number of likely N-dealkylation sites (tertiary alicyclic amines) is 1. The van der Waals surface area contributed by atoms with Gasteiger partial charge in [0, 0.05) is 44.3 Å². The molecule has 3 saturated heterocycles. The van der Waals surface area contributed by atoms with Crippen LogP contribution < -0.4 is 10.4 Å². The van der Waals surface area contributed by atoms with Gasteiger partial charge in [-0.2, -0.15) is 0 Å². The number of benzene rings is 2. The number of hydrazine groups is 1. The van der Waals surface area contributed by atoms with Gasteiger partial charge in [-0.25, -0.2) is 10.4 Å². The predicted molar refractivity (Wildman–Crippen MR) is 134 cm³/mol. The van der Waals surface area contributed by atoms with E-state index in [1.807, 2.05) is 59.3 Å². The molecule has 0 saturated carbocycles. The van der Waals surface area contributed by atoms with Gasteiger partial charge in [-0.3, -0.25) is 14.4 Å². The average molecular weight is 496 g/mol. The van der Waals surface area contributed by atoms with Gasteiger partial charge in [0.05, 0.1) is 30.0 Å². The lowest BCUT2D eigenvalue weighted by atomic mass is 9.84. The molecule has 5 rings (SSSR count). The van der Waals surface area contributed by atoms with Gasteiger partial charge in [0.2, 0.25) is 17.7 Å². The zero-order valence-corrected chi connectivity index (χ0v) is 20.5. The fourth-order valence-corrected chi connectivity index (χ4v) is 5.48. The van der Waals surface area contributed by atoms with E-state index in [2.05, 4.69) is 10.3 Å². The van der Waals surface area contributed by atoms with Crippen molar-refractivity contribution in [1.82, 2.24) is 20.1 Å². The fourth-order valence-electron chi connectivity index (χ4n) is 5.35. The van der Waals surface area contributed by atoms with Gasteiger partial charge in [-0.15, -0.1) is 0 Å². The first kappa shape index (κ1) is 23.8. The summed E-state index contributed by atoms with van der Waals surface area (Å²) in [5, 5.41) is 2.25. The predicted octanol–water partition coefficient (Wildman–Crippen LogP) is 1.65. The standard InChI is InChI=1S/C26H30ClN5O3/c1-29-16-21(24-22(17-29)26(35)32(28-24)20-5-3-2-4-6-20)25(34)31-13-11-30(12-14-31)23(33)15-18-7-9-19(27)10-8-18/h2-10,21-22,24,28H,11-17H2,1H3. The number of nitrogens with one attached hydrogen (secondary N) is 1. The highest BCUT2D eigenvalue weighted by molar-refractivity contribution is 6.30. The zero-order valence-electron chi connectivity index (χ0n) is 19.8. The molecule has 2 aromatic carbocycles. The Hall–Kier alpha value is -2.94. The molecular formula is C26H30ClN5O3. The molecule has 3 amide bonds. The maximum atomic E-state index is 13.6. The van der Waals surface area contributed by atoms with Crippen LogP contribution in [0.25, 0.3) is 0 Å². The van der Waals surface area contributed by atoms with Gasteiger partial charge in [0.1, 0.15) is 0 Å². The van der Waals surface area contributed by atoms with E-state index in [0.717, 1.165) is 11.3 Å². The van der Waals surface area contributed by atoms with Crippen LogP contribution in [0.4, 0.5) is 5.69 Å². The van der Waals surface area contributed by atoms with Gasteiger partial charge in [-0.1, -0.05) is 41.9 Å². The average Bonchev–Trinajstić information content (AvgIpc) is 3.21. The summed E-state index contributed by atoms with van der Waals surface area (Å²) in [7, 11) is 1.96. The molecule has 3 unspecified atom stereocenters. The van der Waals surface area contributed by atoms with Gasteiger partial charge in [0.15, 0.2) is 0 Å². The zero-order chi connectivity index (χ0) is 24.5. The Morgan fingerprint density at radius 1 is 0.943 bits per heavy atom. The van der Waals surface area contributed by atoms with Crippen molar-refractivity contribution in [3.8, 4) is 0 Å². The van der Waals surface area contributed by atoms with E-state index in [9.17, 15) is 14.4 Å². The number of piperazine rings is 1. The van der Waals surface area contributed by atoms with Crippen LogP contribution in [0.15, 0.2) is 54.6 Å². The van der Waals surface area contributed by atoms with E-state index >= 15 is 0 Å². The first-order valence-corrected chi connectivity index (χ1v) is 12.4. The molecule has 9 heteroatoms. The molecule has 2 aromatic rings. The van der Waals surface area contributed by atoms with Crippen LogP contribution in [0.1, 0.15) is 5.56 Å². The second kappa shape index (κ2) is 9.97. The maximum absolute atomic E-state index is 13.6. The normalized spacial score (nSPS) is 25.0. The molecule has 0 radical (unpaired) electrons. The largest absolute Gasteiger partial charge is 0.339 e. The highest BCUT2D eigenvalue weighted by atomic mass is 35.5. The lowest BCUT2D eigenvalue weighted by Gasteiger charge is -2.41. The Balaban J connectivity index is 1.22. The van der Waals surface area contributed by atoms with Crippen molar-refractivity contribution in [3.05, 3.63) is 65.2 Å². The molecule has 0 spiro atoms. The van der Waals surface area contributed by atoms with Crippen LogP contribution in [0.3, 0.4) is 0 Å². The van der Waals surface area contributed by atoms with Crippen molar-refractivity contribution >= 4 is 35.0 Å². The quantitative estimate of drug-likeness (QED) is 0.698. The summed E-state index contributed by atoms with van der Waals surface area (Å²) in [5.41, 5.74) is 5.05. The number of carbonyl (C=O) groups is 3. The molecule has 0 aliphatic carbocycles. The first-order valence-electron chi connectivity index (χ1n) is 12.1. The van der Waals surface area contributed by atoms with Crippen molar-refractivity contribution in [2.45, 2.75) is 12.5 Å². The summed E-state index contributed by atoms with van der Waals surface area (Å²) in [6.45, 7) is 3.24. The summed E-state index contributed by atoms with van der Waals surface area (Å²) < 4.78 is 0. The van der Waals surface area contributed by atoms with Crippen molar-refractivity contribution in [3.63, 3.8) is 0 Å². The van der Waals surface area contributed by atoms with Crippen molar-refractivity contribution in [2.24, 2.45) is 11.8 Å². The minimum atomic E-state index is -0.326. The third kappa shape index (κ3) is 4.91. The van der Waals surface area contributed by atoms with E-state index in [4.69, 9.17) is 11.6 Å². The number of rotatable bonds is 4. The Morgan fingerprint density at radius 2 is 1.60 bits per heavy atom. The lowest BCUT2D eigenvalue weighted by Crippen LogP contribution is -2.59. The number of carbonyl (C=O) groups excluding carboxylic acids is 3. The van der Waals surface area contributed by atoms with Crippen LogP contribution in [-0.4, -0.2) is 84.8 Å². The summed E-state index contributed by atoms with van der Waals surface area (Å²) in [4.78, 5) is 45.3. The molecule has 0 bridgehead atoms. The van der Waals surface area contributed by atoms with Crippen LogP contribution >= 0.6 is 11.6 Å². The summed E-state index contributed by atoms with van der Waals surface area (Å²) >= 11 is 5.93. The SMILES string of the molecule is CN1CC(C(=O)N2CCN(C(=O)Cc3ccc(Cl)cc3)CC2)C2NN(c3ccccc3)C(=O)C2C1. The number of hydrogen-bond donors (Lipinski definition) is 1. The number of hydrogen-bond acceptors (Lipinski definition) is 5. The summed E-state index contributed by atoms with van der Waals surface area (Å²) in [5.74, 6) is -0.494. The number of para-hydroxylation sites is 1. The molecule has 35 heavy (non-hydrogen) atoms. The summed E-state index contributed by atoms with van der Waals surface area (Å²) in [6.07, 6.45) is 0.323. The monoisotopic (exact) mass is 495 g/mol. The smallest absolute Gasteiger partial charge is 0.247 e. The van der Waals surface area contributed by atoms with Crippen LogP contribution in [0.2, 0.25) is 5.02 Å². The molecule has 8 nitrogen and oxygen atoms in total. The number of amides is 3. The molecule has 3 aliphatic rings. The van der Waals surface area contributed by atoms with E-state index in [1.54, 1.807) is 17.1 Å². The molecule has 3 heterocycles. The minimum Gasteiger partial charge on any atom is -0.339 e. The topological polar surface area (TPSA) is 76.2 Å². The molecule has 3 fully saturated rings. The highest BCUT2D eigenvalue weighted by Crippen LogP contribution is 2.32. The number of piperidine rings is 1. The molecule has 3 atom stereocenters. The van der Waals surface area contributed by atoms with Crippen molar-refractivity contribution < 1.29 is 14.4 Å². The Labute approximate surface area is 210 Å². The van der Waals surface area contributed by atoms with Gasteiger partial charge in [0.25, 0.3) is 0 Å². The third-order valence-corrected chi connectivity index (χ3v) is 7.50. The molecular weight excluding hydrogens is 466 g/mol. The van der Waals surface area contributed by atoms with E-state index in [0.29, 0.717) is 50.7 Å². The number of fused-ring (bicyclic) bond motifs is 1. The minimum absolute atomic E-state index is 0.00293. The summed E-state index contributed by atoms with van der Waals surface area (Å²) in [6, 6.07) is 16.6. The van der Waals surface area contributed by atoms with Crippen molar-refractivity contribution in [2.75, 3.05) is 51.3 Å². The van der Waals surface area contributed by atoms with Crippen LogP contribution in [-0.2, 0) is 20.8 Å². The lowest BCUT2D eigenvalue weighted by molar-refractivity contribution is -0.144. The third-order valence-electron chi connectivity index (χ3n) is 7.24. The highest BCUT2D eigenvalue weighted by Gasteiger charge is 2.51. The molecule has 1 N–H and O–H groups in total. The maximum Gasteiger partial charge on any atom is 0.247 e. The first-order chi connectivity index (χ1) is 16.9. The molecule has 184 valence electrons. The van der Waals surface area contributed by atoms with E-state index in [-0.39, 0.29) is 35.6 Å². The Bertz CT molecular complexity index is 1090. The van der Waals surface area contributed by atoms with Gasteiger partial charge in [-0.05, 0) is 36.9 Å². The Kier molecular flexibility index (Phi) is 6.77. The van der Waals surface area contributed by atoms with Gasteiger partial charge >= 0.3 is 0 Å². The second-order valence-corrected chi connectivity index (χ2v) is 10.0. The number of halogens is 1. The van der Waals surface area contributed by atoms with Gasteiger partial charge < -0.3 is 14.7 Å². The van der Waals surface area contributed by atoms with Crippen molar-refractivity contribution in [1.29, 1.82) is 0 Å². The van der Waals surface area contributed by atoms with E-state index < -0.39 is 0 Å². The molecule has 0 aromatic heterocycles. The van der Waals surface area contributed by atoms with Crippen LogP contribution in [0.5, 0.6) is 0 Å². The fraction of sp³-hybridized carbons (Fsp3) is 0.423. The second-order valence-electron chi connectivity index (χ2n) is 9.61. The van der Waals surface area contributed by atoms with E-state index in [1.165, 1.54) is 0 Å². The Morgan fingerprint density at radius 3 is 2.29 bits per heavy atom. The number of nitrogens with zero attached hydrogens (tertiary/aromatic N) is 4.